The normalized spacial score (nSPS) is 20.3. The van der Waals surface area contributed by atoms with Gasteiger partial charge in [-0.3, -0.25) is 14.5 Å². The minimum Gasteiger partial charge on any atom is -0.381 e. The van der Waals surface area contributed by atoms with E-state index in [9.17, 15) is 9.59 Å². The summed E-state index contributed by atoms with van der Waals surface area (Å²) in [5.74, 6) is -0.407. The third kappa shape index (κ3) is 7.34. The number of aromatic amines is 1. The van der Waals surface area contributed by atoms with Gasteiger partial charge in [0.25, 0.3) is 11.5 Å². The van der Waals surface area contributed by atoms with E-state index in [0.717, 1.165) is 64.1 Å². The summed E-state index contributed by atoms with van der Waals surface area (Å²) in [5.41, 5.74) is 2.12. The van der Waals surface area contributed by atoms with Crippen molar-refractivity contribution in [2.75, 3.05) is 55.4 Å². The number of hydrogen-bond acceptors (Lipinski definition) is 6. The molecule has 1 aliphatic carbocycles. The predicted octanol–water partition coefficient (Wildman–Crippen LogP) is 4.55. The van der Waals surface area contributed by atoms with E-state index in [1.54, 1.807) is 19.4 Å². The number of piperazine rings is 1. The van der Waals surface area contributed by atoms with Crippen molar-refractivity contribution in [3.8, 4) is 0 Å². The van der Waals surface area contributed by atoms with E-state index in [2.05, 4.69) is 32.3 Å². The Balaban J connectivity index is 0.00000176. The number of pyridine rings is 1. The van der Waals surface area contributed by atoms with Crippen LogP contribution in [0.2, 0.25) is 0 Å². The van der Waals surface area contributed by atoms with Crippen LogP contribution in [0.4, 0.5) is 17.1 Å². The van der Waals surface area contributed by atoms with Gasteiger partial charge in [0.05, 0.1) is 11.8 Å². The molecule has 1 aromatic carbocycles. The number of aromatic nitrogens is 1. The van der Waals surface area contributed by atoms with Crippen molar-refractivity contribution in [3.63, 3.8) is 0 Å². The minimum absolute atomic E-state index is 0.118. The number of rotatable bonds is 8. The van der Waals surface area contributed by atoms with Crippen LogP contribution in [0.1, 0.15) is 63.2 Å². The SMILES string of the molecule is CC.CCCN1CCN(c2ccc(NC(=O)c3c(NC4CCC(OC)CC4)cc[nH]c3=O)cc2)CC1. The Labute approximate surface area is 215 Å². The topological polar surface area (TPSA) is 89.7 Å². The summed E-state index contributed by atoms with van der Waals surface area (Å²) in [5, 5.41) is 6.32. The molecular formula is C28H43N5O3. The van der Waals surface area contributed by atoms with E-state index in [4.69, 9.17) is 4.74 Å². The van der Waals surface area contributed by atoms with Gasteiger partial charge in [0.1, 0.15) is 5.56 Å². The Kier molecular flexibility index (Phi) is 10.8. The first-order chi connectivity index (χ1) is 17.6. The number of amides is 1. The average molecular weight is 498 g/mol. The van der Waals surface area contributed by atoms with Crippen LogP contribution in [0.25, 0.3) is 0 Å². The average Bonchev–Trinajstić information content (AvgIpc) is 2.91. The number of hydrogen-bond donors (Lipinski definition) is 3. The second-order valence-electron chi connectivity index (χ2n) is 9.28. The van der Waals surface area contributed by atoms with Gasteiger partial charge >= 0.3 is 0 Å². The molecule has 2 fully saturated rings. The summed E-state index contributed by atoms with van der Waals surface area (Å²) in [6.07, 6.45) is 6.89. The summed E-state index contributed by atoms with van der Waals surface area (Å²) in [6, 6.07) is 9.86. The monoisotopic (exact) mass is 497 g/mol. The lowest BCUT2D eigenvalue weighted by molar-refractivity contribution is 0.0681. The van der Waals surface area contributed by atoms with Gasteiger partial charge in [-0.15, -0.1) is 0 Å². The quantitative estimate of drug-likeness (QED) is 0.496. The van der Waals surface area contributed by atoms with Crippen molar-refractivity contribution in [2.24, 2.45) is 0 Å². The molecule has 1 aliphatic heterocycles. The zero-order chi connectivity index (χ0) is 25.9. The summed E-state index contributed by atoms with van der Waals surface area (Å²) in [7, 11) is 1.75. The Hall–Kier alpha value is -2.84. The third-order valence-corrected chi connectivity index (χ3v) is 6.96. The number of ether oxygens (including phenoxy) is 1. The maximum atomic E-state index is 13.1. The lowest BCUT2D eigenvalue weighted by Crippen LogP contribution is -2.46. The molecule has 4 rings (SSSR count). The fourth-order valence-electron chi connectivity index (χ4n) is 4.98. The van der Waals surface area contributed by atoms with Crippen molar-refractivity contribution in [2.45, 2.75) is 65.0 Å². The van der Waals surface area contributed by atoms with E-state index in [0.29, 0.717) is 17.5 Å². The molecule has 0 unspecified atom stereocenters. The smallest absolute Gasteiger partial charge is 0.263 e. The van der Waals surface area contributed by atoms with E-state index >= 15 is 0 Å². The molecule has 0 spiro atoms. The van der Waals surface area contributed by atoms with Crippen LogP contribution in [-0.2, 0) is 4.74 Å². The molecule has 0 atom stereocenters. The molecule has 0 radical (unpaired) electrons. The Morgan fingerprint density at radius 1 is 1.03 bits per heavy atom. The third-order valence-electron chi connectivity index (χ3n) is 6.96. The van der Waals surface area contributed by atoms with Crippen molar-refractivity contribution in [3.05, 3.63) is 52.4 Å². The second kappa shape index (κ2) is 14.0. The van der Waals surface area contributed by atoms with Crippen molar-refractivity contribution in [1.82, 2.24) is 9.88 Å². The lowest BCUT2D eigenvalue weighted by atomic mass is 9.92. The maximum absolute atomic E-state index is 13.1. The van der Waals surface area contributed by atoms with Crippen molar-refractivity contribution in [1.29, 1.82) is 0 Å². The number of benzene rings is 1. The van der Waals surface area contributed by atoms with Gasteiger partial charge in [-0.25, -0.2) is 0 Å². The second-order valence-corrected chi connectivity index (χ2v) is 9.28. The van der Waals surface area contributed by atoms with Crippen LogP contribution >= 0.6 is 0 Å². The molecule has 0 bridgehead atoms. The van der Waals surface area contributed by atoms with Gasteiger partial charge in [-0.05, 0) is 69.0 Å². The van der Waals surface area contributed by atoms with Crippen molar-refractivity contribution < 1.29 is 9.53 Å². The molecule has 198 valence electrons. The largest absolute Gasteiger partial charge is 0.381 e. The molecule has 8 nitrogen and oxygen atoms in total. The Morgan fingerprint density at radius 3 is 2.31 bits per heavy atom. The van der Waals surface area contributed by atoms with Gasteiger partial charge < -0.3 is 25.3 Å². The first-order valence-electron chi connectivity index (χ1n) is 13.5. The van der Waals surface area contributed by atoms with E-state index in [1.165, 1.54) is 6.42 Å². The first kappa shape index (κ1) is 27.7. The Bertz CT molecular complexity index is 991. The standard InChI is InChI=1S/C26H37N5O3.C2H6/c1-3-14-30-15-17-31(18-16-30)21-8-4-20(5-9-21)29-26(33)24-23(12-13-27-25(24)32)28-19-6-10-22(34-2)11-7-19;1-2/h4-5,8-9,12-13,19,22H,3,6-7,10-11,14-18H2,1-2H3,(H,29,33)(H2,27,28,32);1-2H3. The molecule has 1 amide bonds. The minimum atomic E-state index is -0.407. The van der Waals surface area contributed by atoms with Crippen molar-refractivity contribution >= 4 is 23.0 Å². The van der Waals surface area contributed by atoms with E-state index < -0.39 is 11.5 Å². The van der Waals surface area contributed by atoms with Gasteiger partial charge in [0.15, 0.2) is 0 Å². The number of nitrogens with zero attached hydrogens (tertiary/aromatic N) is 2. The van der Waals surface area contributed by atoms with Gasteiger partial charge in [0, 0.05) is 56.9 Å². The van der Waals surface area contributed by atoms with E-state index in [1.807, 2.05) is 38.1 Å². The fraction of sp³-hybridized carbons (Fsp3) is 0.571. The molecule has 2 aromatic rings. The molecule has 36 heavy (non-hydrogen) atoms. The zero-order valence-corrected chi connectivity index (χ0v) is 22.3. The van der Waals surface area contributed by atoms with Crippen LogP contribution in [-0.4, -0.2) is 67.8 Å². The number of carbonyl (C=O) groups excluding carboxylic acids is 1. The maximum Gasteiger partial charge on any atom is 0.263 e. The summed E-state index contributed by atoms with van der Waals surface area (Å²) in [4.78, 5) is 33.1. The number of nitrogens with one attached hydrogen (secondary N) is 3. The number of carbonyl (C=O) groups is 1. The summed E-state index contributed by atoms with van der Waals surface area (Å²) in [6.45, 7) is 11.5. The highest BCUT2D eigenvalue weighted by molar-refractivity contribution is 6.07. The highest BCUT2D eigenvalue weighted by Crippen LogP contribution is 2.25. The summed E-state index contributed by atoms with van der Waals surface area (Å²) >= 11 is 0. The molecular weight excluding hydrogens is 454 g/mol. The first-order valence-corrected chi connectivity index (χ1v) is 13.5. The number of H-pyrrole nitrogens is 1. The highest BCUT2D eigenvalue weighted by atomic mass is 16.5. The number of methoxy groups -OCH3 is 1. The van der Waals surface area contributed by atoms with Crippen LogP contribution in [0.5, 0.6) is 0 Å². The van der Waals surface area contributed by atoms with Gasteiger partial charge in [-0.1, -0.05) is 20.8 Å². The van der Waals surface area contributed by atoms with E-state index in [-0.39, 0.29) is 11.6 Å². The molecule has 2 aliphatic rings. The molecule has 1 saturated carbocycles. The molecule has 2 heterocycles. The Morgan fingerprint density at radius 2 is 1.69 bits per heavy atom. The fourth-order valence-corrected chi connectivity index (χ4v) is 4.98. The van der Waals surface area contributed by atoms with Crippen LogP contribution < -0.4 is 21.1 Å². The lowest BCUT2D eigenvalue weighted by Gasteiger charge is -2.36. The predicted molar refractivity (Wildman–Crippen MR) is 148 cm³/mol. The van der Waals surface area contributed by atoms with Crippen LogP contribution in [0, 0.1) is 0 Å². The van der Waals surface area contributed by atoms with Gasteiger partial charge in [0.2, 0.25) is 0 Å². The molecule has 1 saturated heterocycles. The van der Waals surface area contributed by atoms with Crippen LogP contribution in [0.3, 0.4) is 0 Å². The van der Waals surface area contributed by atoms with Crippen LogP contribution in [0.15, 0.2) is 41.3 Å². The zero-order valence-electron chi connectivity index (χ0n) is 22.3. The summed E-state index contributed by atoms with van der Waals surface area (Å²) < 4.78 is 5.45. The molecule has 1 aromatic heterocycles. The highest BCUT2D eigenvalue weighted by Gasteiger charge is 2.24. The molecule has 8 heteroatoms. The molecule has 3 N–H and O–H groups in total. The van der Waals surface area contributed by atoms with Gasteiger partial charge in [-0.2, -0.15) is 0 Å². The number of anilines is 3.